The van der Waals surface area contributed by atoms with Gasteiger partial charge in [0.2, 0.25) is 0 Å². The molecule has 1 aromatic heterocycles. The van der Waals surface area contributed by atoms with Crippen LogP contribution in [-0.4, -0.2) is 52.8 Å². The Hall–Kier alpha value is -2.99. The summed E-state index contributed by atoms with van der Waals surface area (Å²) in [7, 11) is 0. The number of aromatic nitrogens is 1. The standard InChI is InChI=1S/C22H21N3O2S/c1-16-19(28-20(23-16)17-8-4-2-5-9-17)22(27)25-14-12-24(13-15-25)21(26)18-10-6-3-7-11-18/h2-11H,12-15H2,1H3. The Bertz CT molecular complexity index is 978. The molecule has 1 aliphatic heterocycles. The van der Waals surface area contributed by atoms with Crippen molar-refractivity contribution in [3.63, 3.8) is 0 Å². The first-order valence-electron chi connectivity index (χ1n) is 9.30. The normalized spacial score (nSPS) is 14.2. The van der Waals surface area contributed by atoms with Crippen molar-refractivity contribution in [2.45, 2.75) is 6.92 Å². The summed E-state index contributed by atoms with van der Waals surface area (Å²) in [4.78, 5) is 34.5. The number of hydrogen-bond donors (Lipinski definition) is 0. The molecule has 0 atom stereocenters. The molecular weight excluding hydrogens is 370 g/mol. The number of rotatable bonds is 3. The predicted octanol–water partition coefficient (Wildman–Crippen LogP) is 3.72. The summed E-state index contributed by atoms with van der Waals surface area (Å²) >= 11 is 1.44. The topological polar surface area (TPSA) is 53.5 Å². The Balaban J connectivity index is 1.43. The Kier molecular flexibility index (Phi) is 5.21. The molecule has 0 aliphatic carbocycles. The lowest BCUT2D eigenvalue weighted by Crippen LogP contribution is -2.50. The average Bonchev–Trinajstić information content (AvgIpc) is 3.16. The quantitative estimate of drug-likeness (QED) is 0.684. The molecule has 142 valence electrons. The summed E-state index contributed by atoms with van der Waals surface area (Å²) < 4.78 is 0. The second-order valence-corrected chi connectivity index (χ2v) is 7.75. The van der Waals surface area contributed by atoms with Crippen LogP contribution in [-0.2, 0) is 0 Å². The number of thiazole rings is 1. The molecule has 1 fully saturated rings. The van der Waals surface area contributed by atoms with Crippen LogP contribution >= 0.6 is 11.3 Å². The molecule has 2 heterocycles. The molecule has 0 unspecified atom stereocenters. The van der Waals surface area contributed by atoms with Crippen LogP contribution in [0.3, 0.4) is 0 Å². The lowest BCUT2D eigenvalue weighted by Gasteiger charge is -2.34. The Morgan fingerprint density at radius 3 is 1.96 bits per heavy atom. The molecule has 0 saturated carbocycles. The third-order valence-electron chi connectivity index (χ3n) is 4.89. The highest BCUT2D eigenvalue weighted by molar-refractivity contribution is 7.17. The summed E-state index contributed by atoms with van der Waals surface area (Å²) in [5.74, 6) is 0.0250. The minimum Gasteiger partial charge on any atom is -0.335 e. The first-order valence-corrected chi connectivity index (χ1v) is 10.1. The van der Waals surface area contributed by atoms with Gasteiger partial charge < -0.3 is 9.80 Å². The highest BCUT2D eigenvalue weighted by Crippen LogP contribution is 2.29. The van der Waals surface area contributed by atoms with Gasteiger partial charge in [0.1, 0.15) is 9.88 Å². The van der Waals surface area contributed by atoms with Gasteiger partial charge in [0, 0.05) is 37.3 Å². The zero-order valence-electron chi connectivity index (χ0n) is 15.7. The molecule has 0 bridgehead atoms. The van der Waals surface area contributed by atoms with E-state index in [9.17, 15) is 9.59 Å². The molecule has 0 N–H and O–H groups in total. The van der Waals surface area contributed by atoms with Crippen molar-refractivity contribution in [2.75, 3.05) is 26.2 Å². The Morgan fingerprint density at radius 1 is 0.821 bits per heavy atom. The lowest BCUT2D eigenvalue weighted by atomic mass is 10.2. The van der Waals surface area contributed by atoms with Crippen LogP contribution in [0.1, 0.15) is 25.7 Å². The maximum atomic E-state index is 13.0. The van der Waals surface area contributed by atoms with Crippen LogP contribution in [0.5, 0.6) is 0 Å². The van der Waals surface area contributed by atoms with E-state index in [1.54, 1.807) is 0 Å². The fourth-order valence-corrected chi connectivity index (χ4v) is 4.36. The van der Waals surface area contributed by atoms with E-state index in [2.05, 4.69) is 4.98 Å². The number of amides is 2. The van der Waals surface area contributed by atoms with Crippen LogP contribution in [0.25, 0.3) is 10.6 Å². The number of carbonyl (C=O) groups excluding carboxylic acids is 2. The Morgan fingerprint density at radius 2 is 1.36 bits per heavy atom. The van der Waals surface area contributed by atoms with Crippen molar-refractivity contribution in [1.29, 1.82) is 0 Å². The van der Waals surface area contributed by atoms with E-state index >= 15 is 0 Å². The molecule has 1 aliphatic rings. The van der Waals surface area contributed by atoms with Gasteiger partial charge in [-0.3, -0.25) is 9.59 Å². The summed E-state index contributed by atoms with van der Waals surface area (Å²) in [6, 6.07) is 19.2. The fraction of sp³-hybridized carbons (Fsp3) is 0.227. The molecule has 6 heteroatoms. The number of hydrogen-bond acceptors (Lipinski definition) is 4. The van der Waals surface area contributed by atoms with E-state index in [4.69, 9.17) is 0 Å². The number of piperazine rings is 1. The van der Waals surface area contributed by atoms with Crippen molar-refractivity contribution >= 4 is 23.2 Å². The van der Waals surface area contributed by atoms with Crippen molar-refractivity contribution < 1.29 is 9.59 Å². The van der Waals surface area contributed by atoms with Gasteiger partial charge in [-0.05, 0) is 19.1 Å². The van der Waals surface area contributed by atoms with Crippen molar-refractivity contribution in [3.8, 4) is 10.6 Å². The van der Waals surface area contributed by atoms with Crippen molar-refractivity contribution in [2.24, 2.45) is 0 Å². The van der Waals surface area contributed by atoms with Crippen molar-refractivity contribution in [1.82, 2.24) is 14.8 Å². The van der Waals surface area contributed by atoms with Crippen LogP contribution in [0.2, 0.25) is 0 Å². The van der Waals surface area contributed by atoms with Gasteiger partial charge in [-0.25, -0.2) is 4.98 Å². The first kappa shape index (κ1) is 18.4. The summed E-state index contributed by atoms with van der Waals surface area (Å²) in [6.07, 6.45) is 0. The zero-order valence-corrected chi connectivity index (χ0v) is 16.5. The SMILES string of the molecule is Cc1nc(-c2ccccc2)sc1C(=O)N1CCN(C(=O)c2ccccc2)CC1. The first-order chi connectivity index (χ1) is 13.6. The van der Waals surface area contributed by atoms with Gasteiger partial charge in [-0.1, -0.05) is 48.5 Å². The molecular formula is C22H21N3O2S. The second kappa shape index (κ2) is 7.94. The fourth-order valence-electron chi connectivity index (χ4n) is 3.32. The summed E-state index contributed by atoms with van der Waals surface area (Å²) in [6.45, 7) is 4.04. The van der Waals surface area contributed by atoms with E-state index < -0.39 is 0 Å². The lowest BCUT2D eigenvalue weighted by molar-refractivity contribution is 0.0537. The zero-order chi connectivity index (χ0) is 19.5. The minimum atomic E-state index is 0.00370. The van der Waals surface area contributed by atoms with Crippen LogP contribution < -0.4 is 0 Å². The number of nitrogens with zero attached hydrogens (tertiary/aromatic N) is 3. The smallest absolute Gasteiger partial charge is 0.265 e. The average molecular weight is 391 g/mol. The third-order valence-corrected chi connectivity index (χ3v) is 6.08. The van der Waals surface area contributed by atoms with Crippen molar-refractivity contribution in [3.05, 3.63) is 76.8 Å². The number of carbonyl (C=O) groups is 2. The molecule has 3 aromatic rings. The van der Waals surface area contributed by atoms with E-state index in [1.807, 2.05) is 77.4 Å². The van der Waals surface area contributed by atoms with Gasteiger partial charge in [-0.15, -0.1) is 11.3 Å². The van der Waals surface area contributed by atoms with Gasteiger partial charge in [0.05, 0.1) is 5.69 Å². The Labute approximate surface area is 168 Å². The van der Waals surface area contributed by atoms with Gasteiger partial charge >= 0.3 is 0 Å². The molecule has 1 saturated heterocycles. The number of aryl methyl sites for hydroxylation is 1. The summed E-state index contributed by atoms with van der Waals surface area (Å²) in [5, 5.41) is 0.861. The number of benzene rings is 2. The second-order valence-electron chi connectivity index (χ2n) is 6.75. The third kappa shape index (κ3) is 3.68. The molecule has 28 heavy (non-hydrogen) atoms. The van der Waals surface area contributed by atoms with Crippen LogP contribution in [0.4, 0.5) is 0 Å². The highest BCUT2D eigenvalue weighted by atomic mass is 32.1. The van der Waals surface area contributed by atoms with E-state index in [-0.39, 0.29) is 11.8 Å². The predicted molar refractivity (Wildman–Crippen MR) is 111 cm³/mol. The molecule has 2 aromatic carbocycles. The molecule has 0 spiro atoms. The molecule has 2 amide bonds. The van der Waals surface area contributed by atoms with E-state index in [0.717, 1.165) is 16.3 Å². The largest absolute Gasteiger partial charge is 0.335 e. The highest BCUT2D eigenvalue weighted by Gasteiger charge is 2.27. The van der Waals surface area contributed by atoms with Gasteiger partial charge in [0.15, 0.2) is 0 Å². The van der Waals surface area contributed by atoms with Gasteiger partial charge in [-0.2, -0.15) is 0 Å². The maximum Gasteiger partial charge on any atom is 0.265 e. The molecule has 5 nitrogen and oxygen atoms in total. The van der Waals surface area contributed by atoms with Gasteiger partial charge in [0.25, 0.3) is 11.8 Å². The summed E-state index contributed by atoms with van der Waals surface area (Å²) in [5.41, 5.74) is 2.47. The van der Waals surface area contributed by atoms with E-state index in [0.29, 0.717) is 36.6 Å². The van der Waals surface area contributed by atoms with Crippen LogP contribution in [0.15, 0.2) is 60.7 Å². The minimum absolute atomic E-state index is 0.00370. The van der Waals surface area contributed by atoms with E-state index in [1.165, 1.54) is 11.3 Å². The molecule has 0 radical (unpaired) electrons. The molecule has 4 rings (SSSR count). The van der Waals surface area contributed by atoms with Crippen LogP contribution in [0, 0.1) is 6.92 Å². The monoisotopic (exact) mass is 391 g/mol. The maximum absolute atomic E-state index is 13.0.